The van der Waals surface area contributed by atoms with Crippen LogP contribution in [-0.4, -0.2) is 26.9 Å². The van der Waals surface area contributed by atoms with Gasteiger partial charge in [-0.3, -0.25) is 4.79 Å². The molecular weight excluding hydrogens is 467 g/mol. The molecule has 1 amide bonds. The smallest absolute Gasteiger partial charge is 0.254 e. The van der Waals surface area contributed by atoms with Crippen LogP contribution in [0.5, 0.6) is 5.75 Å². The first-order valence-corrected chi connectivity index (χ1v) is 11.9. The fourth-order valence-electron chi connectivity index (χ4n) is 3.14. The summed E-state index contributed by atoms with van der Waals surface area (Å²) in [4.78, 5) is 19.5. The van der Waals surface area contributed by atoms with E-state index in [1.807, 2.05) is 24.0 Å². The molecular formula is C24H26Cl2N2O3S. The molecule has 0 aliphatic heterocycles. The van der Waals surface area contributed by atoms with Crippen LogP contribution in [0.3, 0.4) is 0 Å². The number of nitrogens with zero attached hydrogens (tertiary/aromatic N) is 2. The summed E-state index contributed by atoms with van der Waals surface area (Å²) in [6, 6.07) is 12.3. The summed E-state index contributed by atoms with van der Waals surface area (Å²) in [6.07, 6.45) is 0. The van der Waals surface area contributed by atoms with Gasteiger partial charge >= 0.3 is 0 Å². The Morgan fingerprint density at radius 3 is 2.44 bits per heavy atom. The standard InChI is InChI=1S/C24H26Cl2N2O3S/c1-15(2)16(3)28(24(30)17-4-6-19(25)7-5-17)11-18-10-20(26)8-9-22(18)31-13-23-27-21(12-29)14-32-23/h4-10,14-16,29H,11-13H2,1-3H3/t16-/m1/s1. The van der Waals surface area contributed by atoms with Gasteiger partial charge in [0.05, 0.1) is 12.3 Å². The van der Waals surface area contributed by atoms with Gasteiger partial charge in [0, 0.05) is 39.1 Å². The number of halogens is 2. The molecule has 0 spiro atoms. The number of hydrogen-bond donors (Lipinski definition) is 1. The molecule has 0 aliphatic carbocycles. The lowest BCUT2D eigenvalue weighted by Crippen LogP contribution is -2.41. The zero-order valence-corrected chi connectivity index (χ0v) is 20.5. The van der Waals surface area contributed by atoms with Gasteiger partial charge in [-0.25, -0.2) is 4.98 Å². The highest BCUT2D eigenvalue weighted by Gasteiger charge is 2.25. The SMILES string of the molecule is CC(C)[C@@H](C)N(Cc1cc(Cl)ccc1OCc1nc(CO)cs1)C(=O)c1ccc(Cl)cc1. The van der Waals surface area contributed by atoms with Crippen LogP contribution in [0.2, 0.25) is 10.0 Å². The summed E-state index contributed by atoms with van der Waals surface area (Å²) in [6.45, 7) is 6.72. The van der Waals surface area contributed by atoms with Crippen molar-refractivity contribution in [3.63, 3.8) is 0 Å². The lowest BCUT2D eigenvalue weighted by Gasteiger charge is -2.32. The molecule has 1 heterocycles. The molecule has 32 heavy (non-hydrogen) atoms. The summed E-state index contributed by atoms with van der Waals surface area (Å²) in [7, 11) is 0. The van der Waals surface area contributed by atoms with Crippen molar-refractivity contribution in [3.8, 4) is 5.75 Å². The predicted octanol–water partition coefficient (Wildman–Crippen LogP) is 6.21. The van der Waals surface area contributed by atoms with Crippen LogP contribution in [-0.2, 0) is 19.8 Å². The zero-order valence-electron chi connectivity index (χ0n) is 18.2. The number of ether oxygens (including phenoxy) is 1. The van der Waals surface area contributed by atoms with Crippen LogP contribution in [0.15, 0.2) is 47.8 Å². The topological polar surface area (TPSA) is 62.7 Å². The lowest BCUT2D eigenvalue weighted by atomic mass is 10.0. The van der Waals surface area contributed by atoms with E-state index in [1.165, 1.54) is 11.3 Å². The van der Waals surface area contributed by atoms with Crippen molar-refractivity contribution in [2.45, 2.75) is 46.6 Å². The molecule has 0 saturated heterocycles. The highest BCUT2D eigenvalue weighted by molar-refractivity contribution is 7.09. The molecule has 0 fully saturated rings. The maximum atomic E-state index is 13.4. The third-order valence-corrected chi connectivity index (χ3v) is 6.64. The second kappa shape index (κ2) is 11.1. The Balaban J connectivity index is 1.86. The first-order chi connectivity index (χ1) is 15.3. The summed E-state index contributed by atoms with van der Waals surface area (Å²) >= 11 is 13.7. The highest BCUT2D eigenvalue weighted by atomic mass is 35.5. The van der Waals surface area contributed by atoms with E-state index in [9.17, 15) is 9.90 Å². The molecule has 5 nitrogen and oxygen atoms in total. The Kier molecular flexibility index (Phi) is 8.54. The minimum Gasteiger partial charge on any atom is -0.486 e. The first kappa shape index (κ1) is 24.5. The van der Waals surface area contributed by atoms with Gasteiger partial charge in [0.2, 0.25) is 0 Å². The predicted molar refractivity (Wildman–Crippen MR) is 129 cm³/mol. The third kappa shape index (κ3) is 6.23. The largest absolute Gasteiger partial charge is 0.486 e. The molecule has 3 rings (SSSR count). The number of benzene rings is 2. The van der Waals surface area contributed by atoms with Gasteiger partial charge in [0.1, 0.15) is 17.4 Å². The molecule has 1 atom stereocenters. The molecule has 2 aromatic carbocycles. The second-order valence-corrected chi connectivity index (χ2v) is 9.67. The number of aliphatic hydroxyl groups is 1. The van der Waals surface area contributed by atoms with Crippen LogP contribution in [0.1, 0.15) is 47.4 Å². The van der Waals surface area contributed by atoms with E-state index in [-0.39, 0.29) is 31.1 Å². The van der Waals surface area contributed by atoms with Crippen molar-refractivity contribution in [2.24, 2.45) is 5.92 Å². The van der Waals surface area contributed by atoms with Crippen molar-refractivity contribution in [2.75, 3.05) is 0 Å². The van der Waals surface area contributed by atoms with Crippen LogP contribution in [0.25, 0.3) is 0 Å². The average molecular weight is 493 g/mol. The minimum absolute atomic E-state index is 0.0175. The lowest BCUT2D eigenvalue weighted by molar-refractivity contribution is 0.0625. The van der Waals surface area contributed by atoms with E-state index in [1.54, 1.807) is 35.7 Å². The number of hydrogen-bond acceptors (Lipinski definition) is 5. The summed E-state index contributed by atoms with van der Waals surface area (Å²) in [5, 5.41) is 12.9. The molecule has 1 aromatic heterocycles. The maximum Gasteiger partial charge on any atom is 0.254 e. The highest BCUT2D eigenvalue weighted by Crippen LogP contribution is 2.28. The van der Waals surface area contributed by atoms with E-state index in [0.717, 1.165) is 10.6 Å². The van der Waals surface area contributed by atoms with E-state index in [2.05, 4.69) is 18.8 Å². The number of carbonyl (C=O) groups is 1. The van der Waals surface area contributed by atoms with Gasteiger partial charge in [0.15, 0.2) is 0 Å². The second-order valence-electron chi connectivity index (χ2n) is 7.86. The normalized spacial score (nSPS) is 12.1. The van der Waals surface area contributed by atoms with Crippen LogP contribution in [0.4, 0.5) is 0 Å². The van der Waals surface area contributed by atoms with Crippen molar-refractivity contribution < 1.29 is 14.6 Å². The third-order valence-electron chi connectivity index (χ3n) is 5.28. The van der Waals surface area contributed by atoms with Crippen molar-refractivity contribution in [1.29, 1.82) is 0 Å². The number of carbonyl (C=O) groups excluding carboxylic acids is 1. The summed E-state index contributed by atoms with van der Waals surface area (Å²) in [5.41, 5.74) is 2.01. The van der Waals surface area contributed by atoms with Crippen molar-refractivity contribution >= 4 is 40.4 Å². The molecule has 0 radical (unpaired) electrons. The number of rotatable bonds is 9. The Hall–Kier alpha value is -2.12. The molecule has 0 unspecified atom stereocenters. The fraction of sp³-hybridized carbons (Fsp3) is 0.333. The molecule has 0 aliphatic rings. The van der Waals surface area contributed by atoms with Gasteiger partial charge in [-0.2, -0.15) is 0 Å². The van der Waals surface area contributed by atoms with Gasteiger partial charge in [-0.05, 0) is 55.3 Å². The van der Waals surface area contributed by atoms with E-state index in [0.29, 0.717) is 33.6 Å². The Labute approximate surface area is 202 Å². The quantitative estimate of drug-likeness (QED) is 0.385. The van der Waals surface area contributed by atoms with E-state index in [4.69, 9.17) is 27.9 Å². The maximum absolute atomic E-state index is 13.4. The van der Waals surface area contributed by atoms with Crippen molar-refractivity contribution in [3.05, 3.63) is 79.7 Å². The Morgan fingerprint density at radius 1 is 1.12 bits per heavy atom. The summed E-state index contributed by atoms with van der Waals surface area (Å²) < 4.78 is 6.03. The number of aliphatic hydroxyl groups excluding tert-OH is 1. The van der Waals surface area contributed by atoms with Gasteiger partial charge < -0.3 is 14.7 Å². The van der Waals surface area contributed by atoms with E-state index >= 15 is 0 Å². The minimum atomic E-state index is -0.0996. The molecule has 0 bridgehead atoms. The number of thiazole rings is 1. The van der Waals surface area contributed by atoms with Gasteiger partial charge in [-0.1, -0.05) is 37.0 Å². The van der Waals surface area contributed by atoms with Crippen LogP contribution < -0.4 is 4.74 Å². The number of amides is 1. The van der Waals surface area contributed by atoms with Crippen molar-refractivity contribution in [1.82, 2.24) is 9.88 Å². The van der Waals surface area contributed by atoms with E-state index < -0.39 is 0 Å². The fourth-order valence-corrected chi connectivity index (χ4v) is 4.16. The average Bonchev–Trinajstić information content (AvgIpc) is 3.24. The van der Waals surface area contributed by atoms with Crippen LogP contribution in [0, 0.1) is 5.92 Å². The molecule has 3 aromatic rings. The molecule has 1 N–H and O–H groups in total. The van der Waals surface area contributed by atoms with Gasteiger partial charge in [-0.15, -0.1) is 11.3 Å². The summed E-state index contributed by atoms with van der Waals surface area (Å²) in [5.74, 6) is 0.809. The monoisotopic (exact) mass is 492 g/mol. The molecule has 0 saturated carbocycles. The molecule has 8 heteroatoms. The van der Waals surface area contributed by atoms with Gasteiger partial charge in [0.25, 0.3) is 5.91 Å². The number of aromatic nitrogens is 1. The molecule has 170 valence electrons. The first-order valence-electron chi connectivity index (χ1n) is 10.3. The Morgan fingerprint density at radius 2 is 1.81 bits per heavy atom. The zero-order chi connectivity index (χ0) is 23.3. The Bertz CT molecular complexity index is 1050. The van der Waals surface area contributed by atoms with Crippen LogP contribution >= 0.6 is 34.5 Å².